The molecule has 2 fully saturated rings. The van der Waals surface area contributed by atoms with Crippen molar-refractivity contribution in [2.45, 2.75) is 70.2 Å². The molecule has 2 heterocycles. The highest BCUT2D eigenvalue weighted by atomic mass is 16.6. The standard InChI is InChI=1S/C18H25NO4/c1-18(2,3)23-17(21)19-12-7-8-13(19)10-16(9-12)22-15-6-4-5-14(20)11-15/h4-6,11-13,16,20H,7-10H2,1-3H3/t12-,13+,16?. The third-order valence-electron chi connectivity index (χ3n) is 4.41. The van der Waals surface area contributed by atoms with Gasteiger partial charge in [-0.1, -0.05) is 6.07 Å². The zero-order valence-corrected chi connectivity index (χ0v) is 14.0. The number of amides is 1. The average Bonchev–Trinajstić information content (AvgIpc) is 2.69. The molecular weight excluding hydrogens is 294 g/mol. The molecule has 3 atom stereocenters. The predicted octanol–water partition coefficient (Wildman–Crippen LogP) is 3.70. The minimum Gasteiger partial charge on any atom is -0.508 e. The summed E-state index contributed by atoms with van der Waals surface area (Å²) >= 11 is 0. The van der Waals surface area contributed by atoms with Gasteiger partial charge < -0.3 is 19.5 Å². The van der Waals surface area contributed by atoms with E-state index in [2.05, 4.69) is 0 Å². The number of fused-ring (bicyclic) bond motifs is 2. The summed E-state index contributed by atoms with van der Waals surface area (Å²) < 4.78 is 11.5. The van der Waals surface area contributed by atoms with Gasteiger partial charge in [0.05, 0.1) is 0 Å². The van der Waals surface area contributed by atoms with E-state index in [0.29, 0.717) is 5.75 Å². The van der Waals surface area contributed by atoms with E-state index < -0.39 is 5.60 Å². The molecule has 0 spiro atoms. The van der Waals surface area contributed by atoms with Crippen LogP contribution >= 0.6 is 0 Å². The molecule has 2 aliphatic heterocycles. The quantitative estimate of drug-likeness (QED) is 0.903. The van der Waals surface area contributed by atoms with E-state index in [1.165, 1.54) is 0 Å². The Morgan fingerprint density at radius 1 is 1.22 bits per heavy atom. The molecule has 3 rings (SSSR count). The number of carbonyl (C=O) groups excluding carboxylic acids is 1. The Morgan fingerprint density at radius 3 is 2.43 bits per heavy atom. The van der Waals surface area contributed by atoms with Gasteiger partial charge in [0.25, 0.3) is 0 Å². The van der Waals surface area contributed by atoms with Gasteiger partial charge in [0.2, 0.25) is 0 Å². The highest BCUT2D eigenvalue weighted by Gasteiger charge is 2.45. The van der Waals surface area contributed by atoms with Crippen LogP contribution in [-0.2, 0) is 4.74 Å². The number of benzene rings is 1. The zero-order chi connectivity index (χ0) is 16.6. The van der Waals surface area contributed by atoms with Crippen molar-refractivity contribution >= 4 is 6.09 Å². The first-order chi connectivity index (χ1) is 10.8. The number of piperidine rings is 1. The fraction of sp³-hybridized carbons (Fsp3) is 0.611. The van der Waals surface area contributed by atoms with E-state index in [1.54, 1.807) is 18.2 Å². The summed E-state index contributed by atoms with van der Waals surface area (Å²) in [6, 6.07) is 7.25. The summed E-state index contributed by atoms with van der Waals surface area (Å²) in [4.78, 5) is 14.3. The molecule has 126 valence electrons. The number of ether oxygens (including phenoxy) is 2. The molecule has 0 radical (unpaired) electrons. The maximum atomic E-state index is 12.4. The molecule has 1 unspecified atom stereocenters. The number of carbonyl (C=O) groups is 1. The van der Waals surface area contributed by atoms with Crippen molar-refractivity contribution in [1.29, 1.82) is 0 Å². The second-order valence-corrected chi connectivity index (χ2v) is 7.48. The van der Waals surface area contributed by atoms with Gasteiger partial charge in [0, 0.05) is 31.0 Å². The lowest BCUT2D eigenvalue weighted by atomic mass is 10.00. The summed E-state index contributed by atoms with van der Waals surface area (Å²) in [6.07, 6.45) is 3.50. The molecule has 1 aromatic rings. The largest absolute Gasteiger partial charge is 0.508 e. The van der Waals surface area contributed by atoms with Gasteiger partial charge >= 0.3 is 6.09 Å². The lowest BCUT2D eigenvalue weighted by molar-refractivity contribution is -0.00707. The molecule has 0 aromatic heterocycles. The molecule has 2 bridgehead atoms. The lowest BCUT2D eigenvalue weighted by Gasteiger charge is -2.39. The molecule has 0 aliphatic carbocycles. The van der Waals surface area contributed by atoms with E-state index in [4.69, 9.17) is 9.47 Å². The number of phenolic OH excluding ortho intramolecular Hbond substituents is 1. The van der Waals surface area contributed by atoms with E-state index in [9.17, 15) is 9.90 Å². The molecule has 1 aromatic carbocycles. The van der Waals surface area contributed by atoms with E-state index in [1.807, 2.05) is 31.7 Å². The van der Waals surface area contributed by atoms with Crippen molar-refractivity contribution in [2.24, 2.45) is 0 Å². The number of hydrogen-bond acceptors (Lipinski definition) is 4. The van der Waals surface area contributed by atoms with Crippen LogP contribution in [0.15, 0.2) is 24.3 Å². The van der Waals surface area contributed by atoms with E-state index in [0.717, 1.165) is 25.7 Å². The van der Waals surface area contributed by atoms with Crippen LogP contribution in [0.5, 0.6) is 11.5 Å². The SMILES string of the molecule is CC(C)(C)OC(=O)N1[C@@H]2CC[C@H]1CC(Oc1cccc(O)c1)C2. The maximum Gasteiger partial charge on any atom is 0.410 e. The summed E-state index contributed by atoms with van der Waals surface area (Å²) in [5.41, 5.74) is -0.467. The van der Waals surface area contributed by atoms with Gasteiger partial charge in [-0.15, -0.1) is 0 Å². The fourth-order valence-corrected chi connectivity index (χ4v) is 3.59. The van der Waals surface area contributed by atoms with Crippen LogP contribution < -0.4 is 4.74 Å². The monoisotopic (exact) mass is 319 g/mol. The number of hydrogen-bond donors (Lipinski definition) is 1. The van der Waals surface area contributed by atoms with Crippen LogP contribution in [0, 0.1) is 0 Å². The lowest BCUT2D eigenvalue weighted by Crippen LogP contribution is -2.50. The van der Waals surface area contributed by atoms with E-state index >= 15 is 0 Å². The maximum absolute atomic E-state index is 12.4. The van der Waals surface area contributed by atoms with Crippen molar-refractivity contribution < 1.29 is 19.4 Å². The Hall–Kier alpha value is -1.91. The Kier molecular flexibility index (Phi) is 4.13. The molecule has 5 nitrogen and oxygen atoms in total. The van der Waals surface area contributed by atoms with Crippen LogP contribution in [0.25, 0.3) is 0 Å². The highest BCUT2D eigenvalue weighted by Crippen LogP contribution is 2.38. The number of nitrogens with zero attached hydrogens (tertiary/aromatic N) is 1. The highest BCUT2D eigenvalue weighted by molar-refractivity contribution is 5.69. The van der Waals surface area contributed by atoms with Gasteiger partial charge in [0.1, 0.15) is 23.2 Å². The Labute approximate surface area is 137 Å². The summed E-state index contributed by atoms with van der Waals surface area (Å²) in [5.74, 6) is 0.886. The normalized spacial score (nSPS) is 26.9. The Morgan fingerprint density at radius 2 is 1.87 bits per heavy atom. The molecule has 1 N–H and O–H groups in total. The molecule has 23 heavy (non-hydrogen) atoms. The number of aromatic hydroxyl groups is 1. The predicted molar refractivity (Wildman–Crippen MR) is 86.6 cm³/mol. The minimum absolute atomic E-state index is 0.0768. The van der Waals surface area contributed by atoms with E-state index in [-0.39, 0.29) is 30.0 Å². The molecule has 5 heteroatoms. The molecule has 2 aliphatic rings. The summed E-state index contributed by atoms with van der Waals surface area (Å²) in [5, 5.41) is 9.53. The summed E-state index contributed by atoms with van der Waals surface area (Å²) in [6.45, 7) is 5.68. The molecule has 0 saturated carbocycles. The van der Waals surface area contributed by atoms with Crippen LogP contribution in [0.1, 0.15) is 46.5 Å². The first-order valence-electron chi connectivity index (χ1n) is 8.29. The van der Waals surface area contributed by atoms with Crippen LogP contribution in [0.4, 0.5) is 4.79 Å². The number of phenols is 1. The van der Waals surface area contributed by atoms with Crippen LogP contribution in [-0.4, -0.2) is 39.9 Å². The minimum atomic E-state index is -0.467. The van der Waals surface area contributed by atoms with Crippen molar-refractivity contribution in [3.05, 3.63) is 24.3 Å². The molecule has 2 saturated heterocycles. The van der Waals surface area contributed by atoms with Crippen molar-refractivity contribution in [3.63, 3.8) is 0 Å². The zero-order valence-electron chi connectivity index (χ0n) is 14.0. The van der Waals surface area contributed by atoms with Gasteiger partial charge in [-0.2, -0.15) is 0 Å². The van der Waals surface area contributed by atoms with Gasteiger partial charge in [0.15, 0.2) is 0 Å². The Bertz CT molecular complexity index is 567. The van der Waals surface area contributed by atoms with Crippen molar-refractivity contribution in [3.8, 4) is 11.5 Å². The van der Waals surface area contributed by atoms with Gasteiger partial charge in [-0.3, -0.25) is 0 Å². The smallest absolute Gasteiger partial charge is 0.410 e. The summed E-state index contributed by atoms with van der Waals surface area (Å²) in [7, 11) is 0. The second kappa shape index (κ2) is 5.95. The van der Waals surface area contributed by atoms with Crippen LogP contribution in [0.2, 0.25) is 0 Å². The fourth-order valence-electron chi connectivity index (χ4n) is 3.59. The van der Waals surface area contributed by atoms with Crippen molar-refractivity contribution in [2.75, 3.05) is 0 Å². The molecular formula is C18H25NO4. The van der Waals surface area contributed by atoms with Crippen LogP contribution in [0.3, 0.4) is 0 Å². The third-order valence-corrected chi connectivity index (χ3v) is 4.41. The molecule has 1 amide bonds. The Balaban J connectivity index is 1.64. The second-order valence-electron chi connectivity index (χ2n) is 7.48. The van der Waals surface area contributed by atoms with Gasteiger partial charge in [-0.05, 0) is 45.7 Å². The van der Waals surface area contributed by atoms with Crippen molar-refractivity contribution in [1.82, 2.24) is 4.90 Å². The third kappa shape index (κ3) is 3.71. The topological polar surface area (TPSA) is 59.0 Å². The first-order valence-corrected chi connectivity index (χ1v) is 8.29. The average molecular weight is 319 g/mol. The van der Waals surface area contributed by atoms with Gasteiger partial charge in [-0.25, -0.2) is 4.79 Å². The number of rotatable bonds is 2. The first kappa shape index (κ1) is 16.0.